The van der Waals surface area contributed by atoms with E-state index in [1.54, 1.807) is 0 Å². The predicted octanol–water partition coefficient (Wildman–Crippen LogP) is 7.46. The summed E-state index contributed by atoms with van der Waals surface area (Å²) in [6.07, 6.45) is 3.25. The lowest BCUT2D eigenvalue weighted by Crippen LogP contribution is -2.43. The first-order valence-corrected chi connectivity index (χ1v) is 16.9. The standard InChI is InChI=1S/C39H38F2N6O/c40-31-13-9-27(10-14-31)25-46-35-7-3-1-5-33(35)42-38(46)44-21-17-29(18-22-44)37(48)30-19-23-45(24-20-30)39-43-34-6-2-4-8-36(34)47(39)26-28-11-15-32(41)16-12-28/h1-16,29-30H,17-26H2. The van der Waals surface area contributed by atoms with Crippen LogP contribution in [-0.4, -0.2) is 51.1 Å². The van der Waals surface area contributed by atoms with Crippen molar-refractivity contribution in [3.05, 3.63) is 120 Å². The fourth-order valence-corrected chi connectivity index (χ4v) is 7.53. The molecule has 2 fully saturated rings. The lowest BCUT2D eigenvalue weighted by molar-refractivity contribution is -0.128. The van der Waals surface area contributed by atoms with Crippen molar-refractivity contribution in [2.45, 2.75) is 38.8 Å². The number of benzene rings is 4. The normalized spacial score (nSPS) is 16.3. The number of imidazole rings is 2. The topological polar surface area (TPSA) is 59.2 Å². The molecule has 0 radical (unpaired) electrons. The molecule has 0 unspecified atom stereocenters. The minimum Gasteiger partial charge on any atom is -0.342 e. The molecule has 6 aromatic rings. The molecule has 7 nitrogen and oxygen atoms in total. The second kappa shape index (κ2) is 12.9. The summed E-state index contributed by atoms with van der Waals surface area (Å²) in [5.41, 5.74) is 6.00. The molecule has 2 aliphatic rings. The molecule has 9 heteroatoms. The number of anilines is 2. The average molecular weight is 645 g/mol. The van der Waals surface area contributed by atoms with Gasteiger partial charge in [0.2, 0.25) is 11.9 Å². The van der Waals surface area contributed by atoms with Gasteiger partial charge in [0, 0.05) is 38.0 Å². The summed E-state index contributed by atoms with van der Waals surface area (Å²) in [6.45, 7) is 4.30. The van der Waals surface area contributed by atoms with Crippen molar-refractivity contribution in [3.8, 4) is 0 Å². The van der Waals surface area contributed by atoms with Crippen LogP contribution in [0, 0.1) is 23.5 Å². The molecule has 4 aromatic carbocycles. The summed E-state index contributed by atoms with van der Waals surface area (Å²) < 4.78 is 31.6. The number of halogens is 2. The highest BCUT2D eigenvalue weighted by molar-refractivity contribution is 5.84. The summed E-state index contributed by atoms with van der Waals surface area (Å²) in [5.74, 6) is 1.83. The molecule has 0 aliphatic carbocycles. The molecule has 0 atom stereocenters. The molecule has 48 heavy (non-hydrogen) atoms. The number of nitrogens with zero attached hydrogens (tertiary/aromatic N) is 6. The Morgan fingerprint density at radius 1 is 0.562 bits per heavy atom. The zero-order valence-corrected chi connectivity index (χ0v) is 26.8. The quantitative estimate of drug-likeness (QED) is 0.172. The molecule has 0 amide bonds. The molecule has 244 valence electrons. The number of piperidine rings is 2. The van der Waals surface area contributed by atoms with E-state index in [0.717, 1.165) is 97.0 Å². The lowest BCUT2D eigenvalue weighted by Gasteiger charge is -2.36. The van der Waals surface area contributed by atoms with Crippen LogP contribution in [0.1, 0.15) is 36.8 Å². The Hall–Kier alpha value is -5.05. The van der Waals surface area contributed by atoms with Crippen LogP contribution in [0.3, 0.4) is 0 Å². The Morgan fingerprint density at radius 2 is 0.938 bits per heavy atom. The van der Waals surface area contributed by atoms with Gasteiger partial charge in [-0.15, -0.1) is 0 Å². The number of carbonyl (C=O) groups is 1. The van der Waals surface area contributed by atoms with Crippen LogP contribution < -0.4 is 9.80 Å². The minimum atomic E-state index is -0.242. The van der Waals surface area contributed by atoms with Gasteiger partial charge in [0.1, 0.15) is 17.4 Å². The van der Waals surface area contributed by atoms with Crippen molar-refractivity contribution in [1.29, 1.82) is 0 Å². The first kappa shape index (κ1) is 30.3. The Morgan fingerprint density at radius 3 is 1.33 bits per heavy atom. The second-order valence-electron chi connectivity index (χ2n) is 13.2. The molecule has 0 spiro atoms. The highest BCUT2D eigenvalue weighted by Gasteiger charge is 2.34. The minimum absolute atomic E-state index is 0.0516. The Balaban J connectivity index is 0.930. The summed E-state index contributed by atoms with van der Waals surface area (Å²) in [5, 5.41) is 0. The Bertz CT molecular complexity index is 1910. The van der Waals surface area contributed by atoms with Gasteiger partial charge in [-0.3, -0.25) is 4.79 Å². The van der Waals surface area contributed by atoms with E-state index >= 15 is 0 Å². The summed E-state index contributed by atoms with van der Waals surface area (Å²) >= 11 is 0. The van der Waals surface area contributed by atoms with E-state index in [2.05, 4.69) is 31.1 Å². The lowest BCUT2D eigenvalue weighted by atomic mass is 9.81. The molecule has 8 rings (SSSR count). The highest BCUT2D eigenvalue weighted by atomic mass is 19.1. The van der Waals surface area contributed by atoms with Crippen LogP contribution in [0.5, 0.6) is 0 Å². The van der Waals surface area contributed by atoms with Crippen LogP contribution in [0.25, 0.3) is 22.1 Å². The largest absolute Gasteiger partial charge is 0.342 e. The van der Waals surface area contributed by atoms with Gasteiger partial charge in [0.25, 0.3) is 0 Å². The fraction of sp³-hybridized carbons (Fsp3) is 0.308. The van der Waals surface area contributed by atoms with Crippen LogP contribution in [-0.2, 0) is 17.9 Å². The maximum Gasteiger partial charge on any atom is 0.206 e. The number of carbonyl (C=O) groups excluding carboxylic acids is 1. The smallest absolute Gasteiger partial charge is 0.206 e. The number of rotatable bonds is 8. The molecule has 2 aromatic heterocycles. The van der Waals surface area contributed by atoms with E-state index in [9.17, 15) is 13.6 Å². The Labute approximate surface area is 278 Å². The van der Waals surface area contributed by atoms with Crippen LogP contribution in [0.4, 0.5) is 20.7 Å². The van der Waals surface area contributed by atoms with Crippen LogP contribution >= 0.6 is 0 Å². The zero-order valence-electron chi connectivity index (χ0n) is 26.8. The number of para-hydroxylation sites is 4. The zero-order chi connectivity index (χ0) is 32.6. The van der Waals surface area contributed by atoms with E-state index in [1.807, 2.05) is 60.7 Å². The highest BCUT2D eigenvalue weighted by Crippen LogP contribution is 2.33. The molecule has 2 aliphatic heterocycles. The second-order valence-corrected chi connectivity index (χ2v) is 13.2. The number of aromatic nitrogens is 4. The first-order chi connectivity index (χ1) is 23.5. The van der Waals surface area contributed by atoms with Crippen molar-refractivity contribution in [3.63, 3.8) is 0 Å². The van der Waals surface area contributed by atoms with Gasteiger partial charge in [-0.05, 0) is 85.3 Å². The van der Waals surface area contributed by atoms with Crippen molar-refractivity contribution in [2.75, 3.05) is 36.0 Å². The third-order valence-corrected chi connectivity index (χ3v) is 10.1. The monoisotopic (exact) mass is 644 g/mol. The Kier molecular flexibility index (Phi) is 8.12. The summed E-state index contributed by atoms with van der Waals surface area (Å²) in [6, 6.07) is 29.6. The van der Waals surface area contributed by atoms with Crippen LogP contribution in [0.15, 0.2) is 97.1 Å². The number of ketones is 1. The van der Waals surface area contributed by atoms with E-state index in [-0.39, 0.29) is 23.5 Å². The van der Waals surface area contributed by atoms with Crippen molar-refractivity contribution in [2.24, 2.45) is 11.8 Å². The first-order valence-electron chi connectivity index (χ1n) is 16.9. The van der Waals surface area contributed by atoms with Gasteiger partial charge in [-0.25, -0.2) is 18.7 Å². The average Bonchev–Trinajstić information content (AvgIpc) is 3.68. The van der Waals surface area contributed by atoms with Gasteiger partial charge < -0.3 is 18.9 Å². The SMILES string of the molecule is O=C(C1CCN(c2nc3ccccc3n2Cc2ccc(F)cc2)CC1)C1CCN(c2nc3ccccc3n2Cc2ccc(F)cc2)CC1. The molecular weight excluding hydrogens is 606 g/mol. The van der Waals surface area contributed by atoms with E-state index in [0.29, 0.717) is 18.9 Å². The fourth-order valence-electron chi connectivity index (χ4n) is 7.53. The predicted molar refractivity (Wildman–Crippen MR) is 185 cm³/mol. The summed E-state index contributed by atoms with van der Waals surface area (Å²) in [4.78, 5) is 28.5. The van der Waals surface area contributed by atoms with E-state index in [4.69, 9.17) is 9.97 Å². The third kappa shape index (κ3) is 5.93. The van der Waals surface area contributed by atoms with Gasteiger partial charge >= 0.3 is 0 Å². The maximum atomic E-state index is 13.9. The molecule has 0 N–H and O–H groups in total. The van der Waals surface area contributed by atoms with Gasteiger partial charge in [0.15, 0.2) is 0 Å². The number of Topliss-reactive ketones (excluding diaryl/α,β-unsaturated/α-hetero) is 1. The molecule has 2 saturated heterocycles. The third-order valence-electron chi connectivity index (χ3n) is 10.1. The van der Waals surface area contributed by atoms with Crippen molar-refractivity contribution >= 4 is 39.7 Å². The molecular formula is C39H38F2N6O. The van der Waals surface area contributed by atoms with Gasteiger partial charge in [0.05, 0.1) is 35.2 Å². The number of hydrogen-bond acceptors (Lipinski definition) is 5. The van der Waals surface area contributed by atoms with Gasteiger partial charge in [-0.2, -0.15) is 0 Å². The number of fused-ring (bicyclic) bond motifs is 2. The van der Waals surface area contributed by atoms with Crippen molar-refractivity contribution in [1.82, 2.24) is 19.1 Å². The molecule has 0 saturated carbocycles. The van der Waals surface area contributed by atoms with Crippen molar-refractivity contribution < 1.29 is 13.6 Å². The van der Waals surface area contributed by atoms with E-state index in [1.165, 1.54) is 24.3 Å². The maximum absolute atomic E-state index is 13.9. The molecule has 0 bridgehead atoms. The number of hydrogen-bond donors (Lipinski definition) is 0. The van der Waals surface area contributed by atoms with Gasteiger partial charge in [-0.1, -0.05) is 48.5 Å². The van der Waals surface area contributed by atoms with E-state index < -0.39 is 0 Å². The molecule has 4 heterocycles. The summed E-state index contributed by atoms with van der Waals surface area (Å²) in [7, 11) is 0. The van der Waals surface area contributed by atoms with Crippen LogP contribution in [0.2, 0.25) is 0 Å².